The van der Waals surface area contributed by atoms with Crippen LogP contribution in [0.15, 0.2) is 77.3 Å². The van der Waals surface area contributed by atoms with Crippen LogP contribution in [0.1, 0.15) is 48.6 Å². The number of benzene rings is 3. The molecule has 0 radical (unpaired) electrons. The highest BCUT2D eigenvalue weighted by Gasteiger charge is 2.32. The van der Waals surface area contributed by atoms with Gasteiger partial charge in [-0.2, -0.15) is 0 Å². The van der Waals surface area contributed by atoms with Gasteiger partial charge in [0.25, 0.3) is 0 Å². The zero-order chi connectivity index (χ0) is 25.6. The first-order valence-corrected chi connectivity index (χ1v) is 12.8. The number of hydrogen-bond acceptors (Lipinski definition) is 2. The lowest BCUT2D eigenvalue weighted by Gasteiger charge is -2.34. The van der Waals surface area contributed by atoms with Gasteiger partial charge in [0.2, 0.25) is 11.8 Å². The smallest absolute Gasteiger partial charge is 0.243 e. The van der Waals surface area contributed by atoms with E-state index in [4.69, 9.17) is 0 Å². The van der Waals surface area contributed by atoms with Gasteiger partial charge in [0.1, 0.15) is 6.04 Å². The van der Waals surface area contributed by atoms with E-state index in [1.807, 2.05) is 87.5 Å². The standard InChI is InChI=1S/C30H35BrN2O2/c1-21-14-15-24(16-22(21)2)19-28(34)33(20-25-12-9-13-26(31)17-25)27(29(35)32-30(3,4)5)18-23-10-7-6-8-11-23/h6-17,27H,18-20H2,1-5H3,(H,32,35)/t27-/m1/s1. The predicted octanol–water partition coefficient (Wildman–Crippen LogP) is 6.16. The van der Waals surface area contributed by atoms with Crippen molar-refractivity contribution < 1.29 is 9.59 Å². The Labute approximate surface area is 217 Å². The highest BCUT2D eigenvalue weighted by Crippen LogP contribution is 2.20. The second-order valence-electron chi connectivity index (χ2n) is 10.2. The number of rotatable bonds is 8. The van der Waals surface area contributed by atoms with Crippen LogP contribution in [0.5, 0.6) is 0 Å². The summed E-state index contributed by atoms with van der Waals surface area (Å²) in [6.07, 6.45) is 0.679. The summed E-state index contributed by atoms with van der Waals surface area (Å²) in [6, 6.07) is 23.2. The van der Waals surface area contributed by atoms with Crippen molar-refractivity contribution in [1.82, 2.24) is 10.2 Å². The van der Waals surface area contributed by atoms with Crippen LogP contribution in [0, 0.1) is 13.8 Å². The van der Waals surface area contributed by atoms with Gasteiger partial charge in [0.15, 0.2) is 0 Å². The molecule has 2 amide bonds. The Balaban J connectivity index is 2.00. The summed E-state index contributed by atoms with van der Waals surface area (Å²) >= 11 is 3.53. The molecule has 0 aliphatic heterocycles. The van der Waals surface area contributed by atoms with Gasteiger partial charge in [-0.15, -0.1) is 0 Å². The summed E-state index contributed by atoms with van der Waals surface area (Å²) in [5.74, 6) is -0.219. The van der Waals surface area contributed by atoms with Crippen LogP contribution in [0.2, 0.25) is 0 Å². The lowest BCUT2D eigenvalue weighted by Crippen LogP contribution is -2.54. The summed E-state index contributed by atoms with van der Waals surface area (Å²) in [4.78, 5) is 29.2. The van der Waals surface area contributed by atoms with Crippen molar-refractivity contribution in [2.24, 2.45) is 0 Å². The van der Waals surface area contributed by atoms with Gasteiger partial charge in [0, 0.05) is 23.0 Å². The maximum absolute atomic E-state index is 13.8. The molecule has 0 bridgehead atoms. The molecule has 0 aliphatic rings. The lowest BCUT2D eigenvalue weighted by molar-refractivity contribution is -0.141. The molecule has 0 heterocycles. The first-order chi connectivity index (χ1) is 16.5. The van der Waals surface area contributed by atoms with Crippen molar-refractivity contribution >= 4 is 27.7 Å². The van der Waals surface area contributed by atoms with E-state index in [2.05, 4.69) is 41.2 Å². The third-order valence-electron chi connectivity index (χ3n) is 5.94. The molecule has 4 nitrogen and oxygen atoms in total. The largest absolute Gasteiger partial charge is 0.350 e. The number of aryl methyl sites for hydroxylation is 2. The van der Waals surface area contributed by atoms with Crippen molar-refractivity contribution in [3.8, 4) is 0 Å². The highest BCUT2D eigenvalue weighted by atomic mass is 79.9. The van der Waals surface area contributed by atoms with E-state index in [1.165, 1.54) is 5.56 Å². The normalized spacial score (nSPS) is 12.2. The molecule has 0 unspecified atom stereocenters. The number of nitrogens with zero attached hydrogens (tertiary/aromatic N) is 1. The van der Waals surface area contributed by atoms with Gasteiger partial charge in [-0.3, -0.25) is 9.59 Å². The fourth-order valence-corrected chi connectivity index (χ4v) is 4.48. The summed E-state index contributed by atoms with van der Waals surface area (Å²) in [5, 5.41) is 3.11. The SMILES string of the molecule is Cc1ccc(CC(=O)N(Cc2cccc(Br)c2)[C@H](Cc2ccccc2)C(=O)NC(C)(C)C)cc1C. The quantitative estimate of drug-likeness (QED) is 0.376. The van der Waals surface area contributed by atoms with Crippen molar-refractivity contribution in [3.63, 3.8) is 0 Å². The van der Waals surface area contributed by atoms with Gasteiger partial charge < -0.3 is 10.2 Å². The van der Waals surface area contributed by atoms with Crippen LogP contribution in [0.25, 0.3) is 0 Å². The number of nitrogens with one attached hydrogen (secondary N) is 1. The average Bonchev–Trinajstić information content (AvgIpc) is 2.78. The molecular formula is C30H35BrN2O2. The Bertz CT molecular complexity index is 1170. The van der Waals surface area contributed by atoms with Crippen LogP contribution in [0.4, 0.5) is 0 Å². The molecule has 3 aromatic carbocycles. The third-order valence-corrected chi connectivity index (χ3v) is 6.43. The highest BCUT2D eigenvalue weighted by molar-refractivity contribution is 9.10. The van der Waals surface area contributed by atoms with Crippen LogP contribution < -0.4 is 5.32 Å². The number of carbonyl (C=O) groups excluding carboxylic acids is 2. The topological polar surface area (TPSA) is 49.4 Å². The third kappa shape index (κ3) is 8.07. The Morgan fingerprint density at radius 3 is 2.17 bits per heavy atom. The van der Waals surface area contributed by atoms with E-state index in [1.54, 1.807) is 4.90 Å². The Morgan fingerprint density at radius 2 is 1.54 bits per heavy atom. The first-order valence-electron chi connectivity index (χ1n) is 12.0. The molecule has 184 valence electrons. The molecule has 5 heteroatoms. The van der Waals surface area contributed by atoms with Gasteiger partial charge in [-0.05, 0) is 74.6 Å². The van der Waals surface area contributed by atoms with Crippen LogP contribution in [-0.2, 0) is 29.0 Å². The van der Waals surface area contributed by atoms with E-state index in [0.717, 1.165) is 26.7 Å². The van der Waals surface area contributed by atoms with E-state index in [0.29, 0.717) is 13.0 Å². The second-order valence-corrected chi connectivity index (χ2v) is 11.1. The molecule has 0 spiro atoms. The van der Waals surface area contributed by atoms with E-state index >= 15 is 0 Å². The molecule has 3 aromatic rings. The second kappa shape index (κ2) is 11.7. The zero-order valence-corrected chi connectivity index (χ0v) is 22.9. The molecule has 0 aliphatic carbocycles. The molecule has 1 atom stereocenters. The molecule has 0 aromatic heterocycles. The van der Waals surface area contributed by atoms with E-state index in [9.17, 15) is 9.59 Å². The average molecular weight is 536 g/mol. The molecule has 35 heavy (non-hydrogen) atoms. The Kier molecular flexibility index (Phi) is 8.90. The maximum Gasteiger partial charge on any atom is 0.243 e. The van der Waals surface area contributed by atoms with Crippen LogP contribution >= 0.6 is 15.9 Å². The molecule has 0 saturated heterocycles. The number of halogens is 1. The number of amides is 2. The van der Waals surface area contributed by atoms with Crippen LogP contribution in [0.3, 0.4) is 0 Å². The molecule has 1 N–H and O–H groups in total. The number of hydrogen-bond donors (Lipinski definition) is 1. The minimum atomic E-state index is -0.644. The fraction of sp³-hybridized carbons (Fsp3) is 0.333. The van der Waals surface area contributed by atoms with E-state index < -0.39 is 11.6 Å². The monoisotopic (exact) mass is 534 g/mol. The fourth-order valence-electron chi connectivity index (χ4n) is 4.03. The first kappa shape index (κ1) is 26.7. The summed E-state index contributed by atoms with van der Waals surface area (Å²) < 4.78 is 0.940. The summed E-state index contributed by atoms with van der Waals surface area (Å²) in [5.41, 5.74) is 4.87. The summed E-state index contributed by atoms with van der Waals surface area (Å²) in [6.45, 7) is 10.3. The van der Waals surface area contributed by atoms with Crippen LogP contribution in [-0.4, -0.2) is 28.3 Å². The predicted molar refractivity (Wildman–Crippen MR) is 146 cm³/mol. The lowest BCUT2D eigenvalue weighted by atomic mass is 9.99. The molecule has 0 saturated carbocycles. The van der Waals surface area contributed by atoms with Gasteiger partial charge in [-0.25, -0.2) is 0 Å². The minimum Gasteiger partial charge on any atom is -0.350 e. The van der Waals surface area contributed by atoms with E-state index in [-0.39, 0.29) is 18.2 Å². The Morgan fingerprint density at radius 1 is 0.857 bits per heavy atom. The van der Waals surface area contributed by atoms with Gasteiger partial charge in [-0.1, -0.05) is 76.6 Å². The molecule has 0 fully saturated rings. The van der Waals surface area contributed by atoms with Crippen molar-refractivity contribution in [1.29, 1.82) is 0 Å². The molecule has 3 rings (SSSR count). The van der Waals surface area contributed by atoms with Gasteiger partial charge >= 0.3 is 0 Å². The van der Waals surface area contributed by atoms with Crippen molar-refractivity contribution in [3.05, 3.63) is 105 Å². The van der Waals surface area contributed by atoms with Crippen molar-refractivity contribution in [2.75, 3.05) is 0 Å². The zero-order valence-electron chi connectivity index (χ0n) is 21.3. The maximum atomic E-state index is 13.8. The Hall–Kier alpha value is -2.92. The number of carbonyl (C=O) groups is 2. The van der Waals surface area contributed by atoms with Gasteiger partial charge in [0.05, 0.1) is 6.42 Å². The molecular weight excluding hydrogens is 500 g/mol. The van der Waals surface area contributed by atoms with Crippen molar-refractivity contribution in [2.45, 2.75) is 65.6 Å². The minimum absolute atomic E-state index is 0.0711. The summed E-state index contributed by atoms with van der Waals surface area (Å²) in [7, 11) is 0.